The summed E-state index contributed by atoms with van der Waals surface area (Å²) in [5.74, 6) is 0. The molecule has 0 aliphatic carbocycles. The molecule has 0 rings (SSSR count). The van der Waals surface area contributed by atoms with E-state index < -0.39 is 7.82 Å². The van der Waals surface area contributed by atoms with Crippen LogP contribution in [-0.4, -0.2) is 21.1 Å². The molecule has 0 radical (unpaired) electrons. The van der Waals surface area contributed by atoms with Gasteiger partial charge in [-0.15, -0.1) is 11.6 Å². The number of alkyl halides is 1. The van der Waals surface area contributed by atoms with E-state index in [1.165, 1.54) is 6.38 Å². The number of hydrogen-bond acceptors (Lipinski definition) is 1. The number of hydrogen-bond donors (Lipinski definition) is 3. The van der Waals surface area contributed by atoms with E-state index in [0.717, 1.165) is 0 Å². The molecule has 0 saturated heterocycles. The molecule has 0 heterocycles. The Morgan fingerprint density at radius 1 is 1.22 bits per heavy atom. The first-order valence-electron chi connectivity index (χ1n) is 1.16. The van der Waals surface area contributed by atoms with E-state index in [0.29, 0.717) is 0 Å². The molecule has 0 aromatic carbocycles. The van der Waals surface area contributed by atoms with Crippen LogP contribution in [-0.2, 0) is 4.57 Å². The normalized spacial score (nSPS) is 7.22. The minimum atomic E-state index is -4.64. The smallest absolute Gasteiger partial charge is 1.00 e. The standard InChI is InChI=1S/CH3Cl.2Na.H3O4P.2H/c1-2;;;1-5(2,3)4;;/h1H3;;;(H3,1,2,3,4);;/q;2*+1;;2*-1. The predicted octanol–water partition coefficient (Wildman–Crippen LogP) is -5.84. The molecule has 3 N–H and O–H groups in total. The summed E-state index contributed by atoms with van der Waals surface area (Å²) >= 11 is 4.64. The summed E-state index contributed by atoms with van der Waals surface area (Å²) in [6, 6.07) is 0. The fourth-order valence-corrected chi connectivity index (χ4v) is 0. The van der Waals surface area contributed by atoms with E-state index in [1.807, 2.05) is 0 Å². The molecular formula is CH8ClNa2O4P. The average Bonchev–Trinajstić information content (AvgIpc) is 1.36. The Balaban J connectivity index is -0.00000000972. The van der Waals surface area contributed by atoms with Crippen LogP contribution in [0.5, 0.6) is 0 Å². The average molecular weight is 196 g/mol. The molecule has 0 aromatic rings. The van der Waals surface area contributed by atoms with Crippen molar-refractivity contribution in [2.75, 3.05) is 6.38 Å². The van der Waals surface area contributed by atoms with Gasteiger partial charge >= 0.3 is 66.9 Å². The molecule has 0 atom stereocenters. The van der Waals surface area contributed by atoms with E-state index >= 15 is 0 Å². The fraction of sp³-hybridized carbons (Fsp3) is 1.00. The van der Waals surface area contributed by atoms with Crippen molar-refractivity contribution in [1.29, 1.82) is 0 Å². The molecule has 0 aliphatic rings. The zero-order chi connectivity index (χ0) is 6.50. The van der Waals surface area contributed by atoms with Gasteiger partial charge in [-0.1, -0.05) is 0 Å². The Kier molecular flexibility index (Phi) is 32.6. The Morgan fingerprint density at radius 2 is 1.22 bits per heavy atom. The third-order valence-electron chi connectivity index (χ3n) is 0. The van der Waals surface area contributed by atoms with Crippen LogP contribution in [0.2, 0.25) is 0 Å². The maximum absolute atomic E-state index is 8.88. The van der Waals surface area contributed by atoms with Gasteiger partial charge in [0.25, 0.3) is 0 Å². The van der Waals surface area contributed by atoms with Crippen molar-refractivity contribution < 1.29 is 81.2 Å². The summed E-state index contributed by atoms with van der Waals surface area (Å²) in [6.45, 7) is 0. The Morgan fingerprint density at radius 3 is 1.22 bits per heavy atom. The van der Waals surface area contributed by atoms with Gasteiger partial charge in [-0.05, 0) is 0 Å². The third kappa shape index (κ3) is 127. The SMILES string of the molecule is CCl.O=P(O)(O)O.[H-].[H-].[Na+].[Na+]. The van der Waals surface area contributed by atoms with Crippen LogP contribution in [0.25, 0.3) is 0 Å². The molecule has 0 bridgehead atoms. The van der Waals surface area contributed by atoms with E-state index in [9.17, 15) is 0 Å². The second kappa shape index (κ2) is 13.0. The third-order valence-corrected chi connectivity index (χ3v) is 0. The molecule has 0 aromatic heterocycles. The first kappa shape index (κ1) is 22.5. The number of phosphoric acid groups is 1. The maximum atomic E-state index is 8.88. The van der Waals surface area contributed by atoms with Crippen molar-refractivity contribution in [2.24, 2.45) is 0 Å². The quantitative estimate of drug-likeness (QED) is 0.205. The van der Waals surface area contributed by atoms with Crippen LogP contribution < -0.4 is 59.1 Å². The van der Waals surface area contributed by atoms with Crippen LogP contribution in [0.15, 0.2) is 0 Å². The van der Waals surface area contributed by atoms with Crippen molar-refractivity contribution in [2.45, 2.75) is 0 Å². The summed E-state index contributed by atoms with van der Waals surface area (Å²) in [4.78, 5) is 21.6. The molecule has 50 valence electrons. The first-order valence-corrected chi connectivity index (χ1v) is 3.48. The van der Waals surface area contributed by atoms with Crippen LogP contribution in [0, 0.1) is 0 Å². The molecule has 9 heavy (non-hydrogen) atoms. The second-order valence-electron chi connectivity index (χ2n) is 0.513. The Hall–Kier alpha value is 2.40. The number of rotatable bonds is 0. The molecular weight excluding hydrogens is 188 g/mol. The zero-order valence-electron chi connectivity index (χ0n) is 7.58. The Bertz CT molecular complexity index is 72.2. The van der Waals surface area contributed by atoms with E-state index in [2.05, 4.69) is 11.6 Å². The van der Waals surface area contributed by atoms with Gasteiger partial charge in [0.05, 0.1) is 0 Å². The Labute approximate surface area is 106 Å². The van der Waals surface area contributed by atoms with Crippen LogP contribution in [0.3, 0.4) is 0 Å². The van der Waals surface area contributed by atoms with E-state index in [4.69, 9.17) is 19.2 Å². The summed E-state index contributed by atoms with van der Waals surface area (Å²) < 4.78 is 8.88. The van der Waals surface area contributed by atoms with Crippen LogP contribution in [0.4, 0.5) is 0 Å². The van der Waals surface area contributed by atoms with E-state index in [-0.39, 0.29) is 62.0 Å². The van der Waals surface area contributed by atoms with Gasteiger partial charge in [-0.25, -0.2) is 4.57 Å². The summed E-state index contributed by atoms with van der Waals surface area (Å²) in [7, 11) is -4.64. The molecule has 0 saturated carbocycles. The predicted molar refractivity (Wildman–Crippen MR) is 28.3 cm³/mol. The van der Waals surface area contributed by atoms with Crippen LogP contribution >= 0.6 is 19.4 Å². The van der Waals surface area contributed by atoms with Crippen LogP contribution in [0.1, 0.15) is 2.85 Å². The molecule has 8 heteroatoms. The molecule has 4 nitrogen and oxygen atoms in total. The van der Waals surface area contributed by atoms with Gasteiger partial charge in [0.15, 0.2) is 0 Å². The minimum absolute atomic E-state index is 0. The van der Waals surface area contributed by atoms with Crippen molar-refractivity contribution in [3.63, 3.8) is 0 Å². The maximum Gasteiger partial charge on any atom is 1.00 e. The topological polar surface area (TPSA) is 77.8 Å². The van der Waals surface area contributed by atoms with Gasteiger partial charge in [0.2, 0.25) is 0 Å². The monoisotopic (exact) mass is 196 g/mol. The van der Waals surface area contributed by atoms with Crippen molar-refractivity contribution >= 4 is 19.4 Å². The van der Waals surface area contributed by atoms with Gasteiger partial charge in [0, 0.05) is 6.38 Å². The summed E-state index contributed by atoms with van der Waals surface area (Å²) in [5, 5.41) is 0. The summed E-state index contributed by atoms with van der Waals surface area (Å²) in [6.07, 6.45) is 1.47. The molecule has 0 spiro atoms. The molecule has 0 fully saturated rings. The molecule has 0 aliphatic heterocycles. The number of halogens is 1. The second-order valence-corrected chi connectivity index (χ2v) is 1.54. The van der Waals surface area contributed by atoms with Crippen molar-refractivity contribution in [1.82, 2.24) is 0 Å². The molecule has 0 amide bonds. The summed E-state index contributed by atoms with van der Waals surface area (Å²) in [5.41, 5.74) is 0. The zero-order valence-corrected chi connectivity index (χ0v) is 11.2. The van der Waals surface area contributed by atoms with Crippen molar-refractivity contribution in [3.8, 4) is 0 Å². The largest absolute Gasteiger partial charge is 1.00 e. The van der Waals surface area contributed by atoms with E-state index in [1.54, 1.807) is 0 Å². The van der Waals surface area contributed by atoms with Crippen molar-refractivity contribution in [3.05, 3.63) is 0 Å². The van der Waals surface area contributed by atoms with Gasteiger partial charge in [-0.3, -0.25) is 0 Å². The van der Waals surface area contributed by atoms with Gasteiger partial charge in [0.1, 0.15) is 0 Å². The van der Waals surface area contributed by atoms with Gasteiger partial charge in [-0.2, -0.15) is 0 Å². The molecule has 0 unspecified atom stereocenters. The fourth-order valence-electron chi connectivity index (χ4n) is 0. The minimum Gasteiger partial charge on any atom is -1.00 e. The first-order chi connectivity index (χ1) is 3.00. The van der Waals surface area contributed by atoms with Gasteiger partial charge < -0.3 is 17.5 Å².